The van der Waals surface area contributed by atoms with Gasteiger partial charge in [0, 0.05) is 25.3 Å². The van der Waals surface area contributed by atoms with Gasteiger partial charge in [-0.2, -0.15) is 0 Å². The molecule has 2 fully saturated rings. The van der Waals surface area contributed by atoms with Crippen molar-refractivity contribution in [2.75, 3.05) is 6.54 Å². The van der Waals surface area contributed by atoms with Crippen LogP contribution in [0.5, 0.6) is 0 Å². The molecule has 0 atom stereocenters. The number of nitrogen functional groups attached to an aromatic ring is 1. The first-order valence-corrected chi connectivity index (χ1v) is 6.76. The van der Waals surface area contributed by atoms with E-state index in [0.717, 1.165) is 24.1 Å². The molecule has 0 aliphatic heterocycles. The van der Waals surface area contributed by atoms with Gasteiger partial charge in [0.1, 0.15) is 11.5 Å². The molecular formula is C14H20N4. The quantitative estimate of drug-likeness (QED) is 0.591. The standard InChI is InChI=1S/C14H20N4/c15-14(16)13-11(2-1-7-17-13)9-18(12-5-6-12)8-10-3-4-10/h1-2,7,10,12H,3-6,8-9H2,(H3,15,16). The zero-order chi connectivity index (χ0) is 12.5. The minimum atomic E-state index is 0.0766. The van der Waals surface area contributed by atoms with E-state index in [1.807, 2.05) is 12.1 Å². The first kappa shape index (κ1) is 11.7. The fraction of sp³-hybridized carbons (Fsp3) is 0.571. The zero-order valence-electron chi connectivity index (χ0n) is 10.6. The van der Waals surface area contributed by atoms with Crippen molar-refractivity contribution in [2.24, 2.45) is 11.7 Å². The minimum absolute atomic E-state index is 0.0766. The Kier molecular flexibility index (Phi) is 3.04. The van der Waals surface area contributed by atoms with Gasteiger partial charge >= 0.3 is 0 Å². The second-order valence-corrected chi connectivity index (χ2v) is 5.53. The van der Waals surface area contributed by atoms with Gasteiger partial charge < -0.3 is 5.73 Å². The Hall–Kier alpha value is -1.42. The highest BCUT2D eigenvalue weighted by Crippen LogP contribution is 2.35. The molecule has 2 aliphatic rings. The second kappa shape index (κ2) is 4.69. The van der Waals surface area contributed by atoms with Crippen LogP contribution in [0.15, 0.2) is 18.3 Å². The highest BCUT2D eigenvalue weighted by molar-refractivity contribution is 5.94. The molecule has 0 spiro atoms. The Morgan fingerprint density at radius 3 is 2.78 bits per heavy atom. The summed E-state index contributed by atoms with van der Waals surface area (Å²) in [4.78, 5) is 6.79. The summed E-state index contributed by atoms with van der Waals surface area (Å²) >= 11 is 0. The van der Waals surface area contributed by atoms with Crippen LogP contribution in [0.2, 0.25) is 0 Å². The number of rotatable bonds is 6. The number of hydrogen-bond donors (Lipinski definition) is 2. The molecule has 3 rings (SSSR count). The van der Waals surface area contributed by atoms with E-state index < -0.39 is 0 Å². The van der Waals surface area contributed by atoms with Crippen LogP contribution < -0.4 is 5.73 Å². The number of nitrogens with two attached hydrogens (primary N) is 1. The molecule has 2 aliphatic carbocycles. The molecule has 0 aromatic carbocycles. The molecule has 2 saturated carbocycles. The third kappa shape index (κ3) is 2.70. The lowest BCUT2D eigenvalue weighted by Crippen LogP contribution is -2.29. The van der Waals surface area contributed by atoms with Crippen LogP contribution in [0, 0.1) is 11.3 Å². The number of aromatic nitrogens is 1. The van der Waals surface area contributed by atoms with Crippen molar-refractivity contribution in [3.63, 3.8) is 0 Å². The monoisotopic (exact) mass is 244 g/mol. The number of hydrogen-bond acceptors (Lipinski definition) is 3. The van der Waals surface area contributed by atoms with Crippen molar-refractivity contribution in [3.05, 3.63) is 29.6 Å². The first-order valence-electron chi connectivity index (χ1n) is 6.76. The number of amidine groups is 1. The molecule has 1 heterocycles. The summed E-state index contributed by atoms with van der Waals surface area (Å²) in [5.41, 5.74) is 7.34. The molecule has 18 heavy (non-hydrogen) atoms. The smallest absolute Gasteiger partial charge is 0.142 e. The Balaban J connectivity index is 1.74. The van der Waals surface area contributed by atoms with Crippen LogP contribution >= 0.6 is 0 Å². The van der Waals surface area contributed by atoms with Crippen molar-refractivity contribution in [1.29, 1.82) is 5.41 Å². The average Bonchev–Trinajstić information content (AvgIpc) is 3.22. The van der Waals surface area contributed by atoms with E-state index in [-0.39, 0.29) is 5.84 Å². The molecule has 96 valence electrons. The summed E-state index contributed by atoms with van der Waals surface area (Å²) in [6.45, 7) is 2.10. The molecule has 0 bridgehead atoms. The van der Waals surface area contributed by atoms with Gasteiger partial charge in [-0.15, -0.1) is 0 Å². The Morgan fingerprint density at radius 1 is 1.39 bits per heavy atom. The van der Waals surface area contributed by atoms with Crippen molar-refractivity contribution < 1.29 is 0 Å². The third-order valence-corrected chi connectivity index (χ3v) is 3.77. The van der Waals surface area contributed by atoms with Crippen molar-refractivity contribution >= 4 is 5.84 Å². The van der Waals surface area contributed by atoms with Crippen molar-refractivity contribution in [3.8, 4) is 0 Å². The van der Waals surface area contributed by atoms with E-state index in [0.29, 0.717) is 5.69 Å². The maximum atomic E-state index is 7.59. The van der Waals surface area contributed by atoms with Gasteiger partial charge in [0.2, 0.25) is 0 Å². The average molecular weight is 244 g/mol. The van der Waals surface area contributed by atoms with Gasteiger partial charge in [-0.25, -0.2) is 0 Å². The predicted molar refractivity (Wildman–Crippen MR) is 71.4 cm³/mol. The molecule has 0 unspecified atom stereocenters. The largest absolute Gasteiger partial charge is 0.382 e. The van der Waals surface area contributed by atoms with Gasteiger partial charge in [-0.1, -0.05) is 6.07 Å². The summed E-state index contributed by atoms with van der Waals surface area (Å²) in [7, 11) is 0. The Morgan fingerprint density at radius 2 is 2.17 bits per heavy atom. The molecule has 1 aromatic rings. The summed E-state index contributed by atoms with van der Waals surface area (Å²) in [6, 6.07) is 4.74. The van der Waals surface area contributed by atoms with E-state index in [1.165, 1.54) is 32.2 Å². The lowest BCUT2D eigenvalue weighted by Gasteiger charge is -2.22. The van der Waals surface area contributed by atoms with E-state index in [9.17, 15) is 0 Å². The van der Waals surface area contributed by atoms with Crippen LogP contribution in [-0.4, -0.2) is 28.3 Å². The van der Waals surface area contributed by atoms with Gasteiger partial charge in [0.05, 0.1) is 0 Å². The van der Waals surface area contributed by atoms with E-state index >= 15 is 0 Å². The highest BCUT2D eigenvalue weighted by Gasteiger charge is 2.33. The van der Waals surface area contributed by atoms with Gasteiger partial charge in [0.25, 0.3) is 0 Å². The van der Waals surface area contributed by atoms with Gasteiger partial charge in [-0.3, -0.25) is 15.3 Å². The molecule has 4 heteroatoms. The summed E-state index contributed by atoms with van der Waals surface area (Å²) < 4.78 is 0. The fourth-order valence-corrected chi connectivity index (χ4v) is 2.44. The molecule has 0 amide bonds. The molecule has 1 aromatic heterocycles. The Bertz CT molecular complexity index is 449. The third-order valence-electron chi connectivity index (χ3n) is 3.77. The summed E-state index contributed by atoms with van der Waals surface area (Å²) in [6.07, 6.45) is 7.12. The lowest BCUT2D eigenvalue weighted by molar-refractivity contribution is 0.243. The maximum absolute atomic E-state index is 7.59. The predicted octanol–water partition coefficient (Wildman–Crippen LogP) is 1.74. The van der Waals surface area contributed by atoms with Gasteiger partial charge in [-0.05, 0) is 43.2 Å². The molecule has 0 radical (unpaired) electrons. The minimum Gasteiger partial charge on any atom is -0.382 e. The Labute approximate surface area is 108 Å². The molecule has 4 nitrogen and oxygen atoms in total. The van der Waals surface area contributed by atoms with E-state index in [4.69, 9.17) is 11.1 Å². The normalized spacial score (nSPS) is 19.2. The maximum Gasteiger partial charge on any atom is 0.142 e. The van der Waals surface area contributed by atoms with Crippen LogP contribution in [0.3, 0.4) is 0 Å². The van der Waals surface area contributed by atoms with Crippen LogP contribution in [-0.2, 0) is 6.54 Å². The molecule has 3 N–H and O–H groups in total. The highest BCUT2D eigenvalue weighted by atomic mass is 15.2. The summed E-state index contributed by atoms with van der Waals surface area (Å²) in [5.74, 6) is 0.982. The first-order chi connectivity index (χ1) is 8.74. The molecule has 0 saturated heterocycles. The van der Waals surface area contributed by atoms with E-state index in [1.54, 1.807) is 6.20 Å². The zero-order valence-corrected chi connectivity index (χ0v) is 10.6. The van der Waals surface area contributed by atoms with Crippen LogP contribution in [0.25, 0.3) is 0 Å². The number of pyridine rings is 1. The van der Waals surface area contributed by atoms with Gasteiger partial charge in [0.15, 0.2) is 0 Å². The number of nitrogens with one attached hydrogen (secondary N) is 1. The van der Waals surface area contributed by atoms with Crippen molar-refractivity contribution in [1.82, 2.24) is 9.88 Å². The van der Waals surface area contributed by atoms with Crippen LogP contribution in [0.4, 0.5) is 0 Å². The van der Waals surface area contributed by atoms with E-state index in [2.05, 4.69) is 9.88 Å². The fourth-order valence-electron chi connectivity index (χ4n) is 2.44. The SMILES string of the molecule is N=C(N)c1ncccc1CN(CC1CC1)C1CC1. The summed E-state index contributed by atoms with van der Waals surface area (Å²) in [5, 5.41) is 7.59. The lowest BCUT2D eigenvalue weighted by atomic mass is 10.1. The molecular weight excluding hydrogens is 224 g/mol. The van der Waals surface area contributed by atoms with Crippen LogP contribution in [0.1, 0.15) is 36.9 Å². The second-order valence-electron chi connectivity index (χ2n) is 5.53. The number of nitrogens with zero attached hydrogens (tertiary/aromatic N) is 2. The van der Waals surface area contributed by atoms with Crippen molar-refractivity contribution in [2.45, 2.75) is 38.3 Å². The topological polar surface area (TPSA) is 66.0 Å².